The van der Waals surface area contributed by atoms with Crippen molar-refractivity contribution >= 4 is 11.6 Å². The molecule has 11 nitrogen and oxygen atoms in total. The Balaban J connectivity index is 2.25. The van der Waals surface area contributed by atoms with Gasteiger partial charge in [-0.3, -0.25) is 0 Å². The predicted octanol–water partition coefficient (Wildman–Crippen LogP) is -4.83. The number of alkyl halides is 1. The van der Waals surface area contributed by atoms with Crippen molar-refractivity contribution in [2.24, 2.45) is 0 Å². The molecular formula is C12H21ClO11. The summed E-state index contributed by atoms with van der Waals surface area (Å²) in [6, 6.07) is 0. The molecule has 0 aromatic carbocycles. The maximum Gasteiger partial charge on any atom is 0.241 e. The van der Waals surface area contributed by atoms with Crippen LogP contribution < -0.4 is 0 Å². The van der Waals surface area contributed by atoms with Crippen LogP contribution in [0.15, 0.2) is 0 Å². The molecule has 2 aliphatic rings. The summed E-state index contributed by atoms with van der Waals surface area (Å²) in [5, 5.41) is 77.2. The topological polar surface area (TPSA) is 190 Å². The van der Waals surface area contributed by atoms with Crippen molar-refractivity contribution in [2.45, 2.75) is 60.4 Å². The van der Waals surface area contributed by atoms with E-state index in [0.29, 0.717) is 0 Å². The first-order chi connectivity index (χ1) is 11.2. The fourth-order valence-electron chi connectivity index (χ4n) is 2.66. The second-order valence-electron chi connectivity index (χ2n) is 5.65. The molecule has 0 aromatic rings. The fraction of sp³-hybridized carbons (Fsp3) is 1.00. The fourth-order valence-corrected chi connectivity index (χ4v) is 2.89. The van der Waals surface area contributed by atoms with Gasteiger partial charge in [0.2, 0.25) is 5.79 Å². The molecule has 1 unspecified atom stereocenters. The third kappa shape index (κ3) is 3.28. The predicted molar refractivity (Wildman–Crippen MR) is 73.4 cm³/mol. The van der Waals surface area contributed by atoms with Crippen LogP contribution in [0.2, 0.25) is 0 Å². The molecule has 2 saturated heterocycles. The van der Waals surface area contributed by atoms with Crippen LogP contribution in [0, 0.1) is 0 Å². The monoisotopic (exact) mass is 376 g/mol. The average molecular weight is 377 g/mol. The minimum atomic E-state index is -2.50. The summed E-state index contributed by atoms with van der Waals surface area (Å²) in [5.41, 5.74) is -2.06. The molecule has 0 bridgehead atoms. The van der Waals surface area contributed by atoms with Gasteiger partial charge >= 0.3 is 0 Å². The Morgan fingerprint density at radius 3 is 1.96 bits per heavy atom. The van der Waals surface area contributed by atoms with Crippen LogP contribution in [-0.4, -0.2) is 114 Å². The van der Waals surface area contributed by atoms with Gasteiger partial charge in [-0.05, 0) is 0 Å². The maximum atomic E-state index is 10.1. The van der Waals surface area contributed by atoms with Crippen molar-refractivity contribution in [2.75, 3.05) is 13.2 Å². The van der Waals surface area contributed by atoms with E-state index in [2.05, 4.69) is 0 Å². The Morgan fingerprint density at radius 1 is 0.917 bits per heavy atom. The lowest BCUT2D eigenvalue weighted by molar-refractivity contribution is -0.388. The van der Waals surface area contributed by atoms with Crippen molar-refractivity contribution < 1.29 is 55.1 Å². The van der Waals surface area contributed by atoms with Crippen LogP contribution in [-0.2, 0) is 14.2 Å². The molecule has 2 heterocycles. The van der Waals surface area contributed by atoms with Gasteiger partial charge in [0.1, 0.15) is 42.7 Å². The van der Waals surface area contributed by atoms with Crippen LogP contribution in [0.4, 0.5) is 0 Å². The summed E-state index contributed by atoms with van der Waals surface area (Å²) in [5.74, 6) is -2.50. The molecule has 0 amide bonds. The van der Waals surface area contributed by atoms with Crippen LogP contribution in [0.5, 0.6) is 0 Å². The van der Waals surface area contributed by atoms with Crippen LogP contribution in [0.25, 0.3) is 0 Å². The molecule has 2 aliphatic heterocycles. The zero-order valence-corrected chi connectivity index (χ0v) is 13.0. The second kappa shape index (κ2) is 7.61. The van der Waals surface area contributed by atoms with E-state index in [1.807, 2.05) is 0 Å². The summed E-state index contributed by atoms with van der Waals surface area (Å²) in [6.07, 6.45) is -13.3. The molecule has 2 rings (SSSR count). The SMILES string of the molecule is OC[C@H]1O[C@@](O[C@H]2O[C@H](CO)[C@@H](O)[C@H](O)[C@H]2O)(C(O)Cl)[C@@H](O)[C@@H]1O. The lowest BCUT2D eigenvalue weighted by Gasteiger charge is -2.44. The van der Waals surface area contributed by atoms with E-state index in [1.165, 1.54) is 0 Å². The van der Waals surface area contributed by atoms with Crippen molar-refractivity contribution in [3.63, 3.8) is 0 Å². The Bertz CT molecular complexity index is 424. The van der Waals surface area contributed by atoms with Crippen molar-refractivity contribution in [3.05, 3.63) is 0 Å². The van der Waals surface area contributed by atoms with Gasteiger partial charge in [-0.15, -0.1) is 0 Å². The molecule has 0 radical (unpaired) electrons. The molecule has 0 spiro atoms. The van der Waals surface area contributed by atoms with E-state index in [-0.39, 0.29) is 0 Å². The highest BCUT2D eigenvalue weighted by molar-refractivity contribution is 6.20. The van der Waals surface area contributed by atoms with Gasteiger partial charge in [0, 0.05) is 0 Å². The highest BCUT2D eigenvalue weighted by Crippen LogP contribution is 2.39. The van der Waals surface area contributed by atoms with Gasteiger partial charge in [-0.25, -0.2) is 0 Å². The molecule has 0 aromatic heterocycles. The molecule has 142 valence electrons. The summed E-state index contributed by atoms with van der Waals surface area (Å²) < 4.78 is 15.4. The zero-order valence-electron chi connectivity index (χ0n) is 12.3. The molecule has 8 N–H and O–H groups in total. The third-order valence-electron chi connectivity index (χ3n) is 4.11. The van der Waals surface area contributed by atoms with Crippen LogP contribution in [0.3, 0.4) is 0 Å². The Kier molecular flexibility index (Phi) is 6.40. The molecule has 10 atom stereocenters. The summed E-state index contributed by atoms with van der Waals surface area (Å²) in [4.78, 5) is 0. The van der Waals surface area contributed by atoms with Gasteiger partial charge in [0.15, 0.2) is 11.9 Å². The lowest BCUT2D eigenvalue weighted by Crippen LogP contribution is -2.63. The molecule has 0 saturated carbocycles. The highest BCUT2D eigenvalue weighted by atomic mass is 35.5. The van der Waals surface area contributed by atoms with Crippen LogP contribution in [0.1, 0.15) is 0 Å². The van der Waals surface area contributed by atoms with E-state index < -0.39 is 73.6 Å². The third-order valence-corrected chi connectivity index (χ3v) is 4.42. The van der Waals surface area contributed by atoms with Gasteiger partial charge in [0.25, 0.3) is 0 Å². The first kappa shape index (κ1) is 20.2. The van der Waals surface area contributed by atoms with Gasteiger partial charge < -0.3 is 55.1 Å². The first-order valence-corrected chi connectivity index (χ1v) is 7.58. The van der Waals surface area contributed by atoms with Crippen molar-refractivity contribution in [1.29, 1.82) is 0 Å². The van der Waals surface area contributed by atoms with Crippen LogP contribution >= 0.6 is 11.6 Å². The average Bonchev–Trinajstić information content (AvgIpc) is 2.81. The normalized spacial score (nSPS) is 50.9. The number of hydrogen-bond donors (Lipinski definition) is 8. The van der Waals surface area contributed by atoms with Crippen molar-refractivity contribution in [1.82, 2.24) is 0 Å². The molecule has 2 fully saturated rings. The molecule has 24 heavy (non-hydrogen) atoms. The van der Waals surface area contributed by atoms with E-state index in [1.54, 1.807) is 0 Å². The minimum Gasteiger partial charge on any atom is -0.394 e. The van der Waals surface area contributed by atoms with E-state index in [9.17, 15) is 30.6 Å². The summed E-state index contributed by atoms with van der Waals surface area (Å²) in [7, 11) is 0. The molecule has 0 aliphatic carbocycles. The van der Waals surface area contributed by atoms with E-state index >= 15 is 0 Å². The number of hydrogen-bond acceptors (Lipinski definition) is 11. The smallest absolute Gasteiger partial charge is 0.241 e. The first-order valence-electron chi connectivity index (χ1n) is 7.14. The van der Waals surface area contributed by atoms with Crippen molar-refractivity contribution in [3.8, 4) is 0 Å². The Hall–Kier alpha value is -0.150. The Morgan fingerprint density at radius 2 is 1.50 bits per heavy atom. The van der Waals surface area contributed by atoms with Gasteiger partial charge in [-0.1, -0.05) is 11.6 Å². The maximum absolute atomic E-state index is 10.1. The minimum absolute atomic E-state index is 0.730. The number of ether oxygens (including phenoxy) is 3. The van der Waals surface area contributed by atoms with Gasteiger partial charge in [0.05, 0.1) is 13.2 Å². The quantitative estimate of drug-likeness (QED) is 0.215. The number of aliphatic hydroxyl groups is 8. The number of halogens is 1. The second-order valence-corrected chi connectivity index (χ2v) is 6.06. The Labute approximate surface area is 141 Å². The standard InChI is InChI=1S/C12H21ClO11/c13-11(21)12(9(20)6(17)4(2-15)23-12)24-10-8(19)7(18)5(16)3(1-14)22-10/h3-11,14-21H,1-2H2/t3-,4-,5-,6-,7+,8-,9+,10-,11?,12+/m1/s1. The number of rotatable bonds is 5. The number of aliphatic hydroxyl groups excluding tert-OH is 8. The largest absolute Gasteiger partial charge is 0.394 e. The van der Waals surface area contributed by atoms with Gasteiger partial charge in [-0.2, -0.15) is 0 Å². The summed E-state index contributed by atoms with van der Waals surface area (Å²) in [6.45, 7) is -1.46. The molecular weight excluding hydrogens is 356 g/mol. The lowest BCUT2D eigenvalue weighted by atomic mass is 9.99. The van der Waals surface area contributed by atoms with E-state index in [0.717, 1.165) is 0 Å². The molecule has 12 heteroatoms. The van der Waals surface area contributed by atoms with E-state index in [4.69, 9.17) is 36.0 Å². The zero-order chi connectivity index (χ0) is 18.2. The highest BCUT2D eigenvalue weighted by Gasteiger charge is 2.61. The summed E-state index contributed by atoms with van der Waals surface area (Å²) >= 11 is 5.58.